The summed E-state index contributed by atoms with van der Waals surface area (Å²) < 4.78 is 7.99. The number of ether oxygens (including phenoxy) is 1. The maximum absolute atomic E-state index is 11.1. The third-order valence-corrected chi connectivity index (χ3v) is 4.18. The maximum atomic E-state index is 11.1. The number of aryl methyl sites for hydroxylation is 1. The van der Waals surface area contributed by atoms with Gasteiger partial charge in [0.05, 0.1) is 13.2 Å². The van der Waals surface area contributed by atoms with E-state index in [0.717, 1.165) is 11.8 Å². The molecule has 0 amide bonds. The average molecular weight is 307 g/mol. The molecule has 118 valence electrons. The van der Waals surface area contributed by atoms with Crippen LogP contribution in [0.3, 0.4) is 0 Å². The largest absolute Gasteiger partial charge is 0.376 e. The lowest BCUT2D eigenvalue weighted by molar-refractivity contribution is -0.108. The van der Waals surface area contributed by atoms with E-state index in [9.17, 15) is 4.79 Å². The molecule has 1 aromatic heterocycles. The van der Waals surface area contributed by atoms with Gasteiger partial charge in [-0.3, -0.25) is 0 Å². The summed E-state index contributed by atoms with van der Waals surface area (Å²) in [7, 11) is 2.04. The highest BCUT2D eigenvalue weighted by atomic mass is 16.5. The van der Waals surface area contributed by atoms with Gasteiger partial charge in [-0.1, -0.05) is 48.5 Å². The van der Waals surface area contributed by atoms with Crippen molar-refractivity contribution in [2.45, 2.75) is 18.9 Å². The second-order valence-electron chi connectivity index (χ2n) is 5.81. The Hall–Kier alpha value is -2.39. The molecule has 0 bridgehead atoms. The van der Waals surface area contributed by atoms with Crippen molar-refractivity contribution in [1.82, 2.24) is 4.57 Å². The summed E-state index contributed by atoms with van der Waals surface area (Å²) in [5.41, 5.74) is 3.51. The molecular weight excluding hydrogens is 286 g/mol. The summed E-state index contributed by atoms with van der Waals surface area (Å²) in [5, 5.41) is 1.20. The number of fused-ring (bicyclic) bond motifs is 1. The summed E-state index contributed by atoms with van der Waals surface area (Å²) in [5.74, 6) is 0.0855. The first kappa shape index (κ1) is 15.5. The predicted octanol–water partition coefficient (Wildman–Crippen LogP) is 4.07. The number of para-hydroxylation sites is 1. The van der Waals surface area contributed by atoms with Crippen LogP contribution in [0.2, 0.25) is 0 Å². The highest BCUT2D eigenvalue weighted by Gasteiger charge is 2.17. The van der Waals surface area contributed by atoms with Gasteiger partial charge in [-0.25, -0.2) is 0 Å². The Kier molecular flexibility index (Phi) is 4.89. The van der Waals surface area contributed by atoms with Crippen molar-refractivity contribution in [2.75, 3.05) is 6.61 Å². The summed E-state index contributed by atoms with van der Waals surface area (Å²) in [6, 6.07) is 18.4. The summed E-state index contributed by atoms with van der Waals surface area (Å²) in [6.45, 7) is 1.11. The van der Waals surface area contributed by atoms with Crippen molar-refractivity contribution in [3.63, 3.8) is 0 Å². The number of aromatic nitrogens is 1. The van der Waals surface area contributed by atoms with Gasteiger partial charge in [0.15, 0.2) is 0 Å². The van der Waals surface area contributed by atoms with E-state index in [1.54, 1.807) is 0 Å². The van der Waals surface area contributed by atoms with Crippen molar-refractivity contribution >= 4 is 17.2 Å². The number of hydrogen-bond donors (Lipinski definition) is 0. The summed E-state index contributed by atoms with van der Waals surface area (Å²) in [6.07, 6.45) is 3.58. The lowest BCUT2D eigenvalue weighted by Crippen LogP contribution is -2.08. The summed E-state index contributed by atoms with van der Waals surface area (Å²) in [4.78, 5) is 11.1. The van der Waals surface area contributed by atoms with Gasteiger partial charge in [0, 0.05) is 36.5 Å². The minimum absolute atomic E-state index is 0.0855. The highest BCUT2D eigenvalue weighted by molar-refractivity contribution is 5.84. The molecule has 0 unspecified atom stereocenters. The smallest absolute Gasteiger partial charge is 0.120 e. The van der Waals surface area contributed by atoms with Gasteiger partial charge in [-0.15, -0.1) is 0 Å². The second-order valence-corrected chi connectivity index (χ2v) is 5.81. The minimum Gasteiger partial charge on any atom is -0.376 e. The van der Waals surface area contributed by atoms with Crippen molar-refractivity contribution in [1.29, 1.82) is 0 Å². The van der Waals surface area contributed by atoms with E-state index in [1.807, 2.05) is 49.5 Å². The molecule has 0 saturated heterocycles. The fourth-order valence-corrected chi connectivity index (χ4v) is 2.99. The molecule has 0 fully saturated rings. The fraction of sp³-hybridized carbons (Fsp3) is 0.250. The number of rotatable bonds is 7. The number of carbonyl (C=O) groups excluding carboxylic acids is 1. The van der Waals surface area contributed by atoms with Gasteiger partial charge in [-0.05, 0) is 17.2 Å². The highest BCUT2D eigenvalue weighted by Crippen LogP contribution is 2.29. The SMILES string of the molecule is Cn1cc([C@@H](CC=O)COCc2ccccc2)c2ccccc21. The van der Waals surface area contributed by atoms with Gasteiger partial charge < -0.3 is 14.1 Å². The fourth-order valence-electron chi connectivity index (χ4n) is 2.99. The van der Waals surface area contributed by atoms with Gasteiger partial charge >= 0.3 is 0 Å². The minimum atomic E-state index is 0.0855. The van der Waals surface area contributed by atoms with E-state index in [0.29, 0.717) is 19.6 Å². The molecule has 3 heteroatoms. The van der Waals surface area contributed by atoms with Crippen LogP contribution in [0.25, 0.3) is 10.9 Å². The molecule has 0 spiro atoms. The summed E-state index contributed by atoms with van der Waals surface area (Å²) >= 11 is 0. The molecule has 2 aromatic carbocycles. The molecule has 0 aliphatic heterocycles. The topological polar surface area (TPSA) is 31.2 Å². The van der Waals surface area contributed by atoms with Crippen molar-refractivity contribution in [3.05, 3.63) is 71.9 Å². The molecule has 0 aliphatic carbocycles. The molecule has 3 aromatic rings. The van der Waals surface area contributed by atoms with Crippen LogP contribution < -0.4 is 0 Å². The number of hydrogen-bond acceptors (Lipinski definition) is 2. The zero-order chi connectivity index (χ0) is 16.1. The third kappa shape index (κ3) is 3.51. The van der Waals surface area contributed by atoms with Crippen LogP contribution in [0.15, 0.2) is 60.8 Å². The normalized spacial score (nSPS) is 12.4. The Bertz CT molecular complexity index is 777. The number of nitrogens with zero attached hydrogens (tertiary/aromatic N) is 1. The molecule has 3 rings (SSSR count). The predicted molar refractivity (Wildman–Crippen MR) is 92.4 cm³/mol. The van der Waals surface area contributed by atoms with Crippen LogP contribution in [-0.2, 0) is 23.2 Å². The monoisotopic (exact) mass is 307 g/mol. The van der Waals surface area contributed by atoms with Gasteiger partial charge in [0.2, 0.25) is 0 Å². The number of aldehydes is 1. The Morgan fingerprint density at radius 1 is 1.09 bits per heavy atom. The first-order chi connectivity index (χ1) is 11.3. The molecule has 0 N–H and O–H groups in total. The van der Waals surface area contributed by atoms with Gasteiger partial charge in [0.1, 0.15) is 6.29 Å². The Morgan fingerprint density at radius 3 is 2.61 bits per heavy atom. The van der Waals surface area contributed by atoms with Crippen LogP contribution in [0.1, 0.15) is 23.5 Å². The van der Waals surface area contributed by atoms with E-state index in [1.165, 1.54) is 16.5 Å². The molecule has 0 radical (unpaired) electrons. The molecule has 1 heterocycles. The molecule has 0 saturated carbocycles. The van der Waals surface area contributed by atoms with Crippen molar-refractivity contribution < 1.29 is 9.53 Å². The van der Waals surface area contributed by atoms with E-state index in [4.69, 9.17) is 4.74 Å². The van der Waals surface area contributed by atoms with Gasteiger partial charge in [-0.2, -0.15) is 0 Å². The van der Waals surface area contributed by atoms with E-state index < -0.39 is 0 Å². The standard InChI is InChI=1S/C20H21NO2/c1-21-13-19(18-9-5-6-10-20(18)21)17(11-12-22)15-23-14-16-7-3-2-4-8-16/h2-10,12-13,17H,11,14-15H2,1H3/t17-/m0/s1. The molecule has 1 atom stereocenters. The molecular formula is C20H21NO2. The molecule has 0 aliphatic rings. The first-order valence-corrected chi connectivity index (χ1v) is 7.89. The zero-order valence-electron chi connectivity index (χ0n) is 13.3. The molecule has 23 heavy (non-hydrogen) atoms. The third-order valence-electron chi connectivity index (χ3n) is 4.18. The Labute approximate surface area is 136 Å². The first-order valence-electron chi connectivity index (χ1n) is 7.89. The lowest BCUT2D eigenvalue weighted by atomic mass is 9.96. The van der Waals surface area contributed by atoms with E-state index in [-0.39, 0.29) is 5.92 Å². The second kappa shape index (κ2) is 7.25. The van der Waals surface area contributed by atoms with Crippen LogP contribution in [-0.4, -0.2) is 17.5 Å². The van der Waals surface area contributed by atoms with Crippen LogP contribution in [0, 0.1) is 0 Å². The van der Waals surface area contributed by atoms with Crippen LogP contribution in [0.4, 0.5) is 0 Å². The number of carbonyl (C=O) groups is 1. The van der Waals surface area contributed by atoms with Crippen LogP contribution in [0.5, 0.6) is 0 Å². The average Bonchev–Trinajstić information content (AvgIpc) is 2.92. The lowest BCUT2D eigenvalue weighted by Gasteiger charge is -2.14. The Morgan fingerprint density at radius 2 is 1.83 bits per heavy atom. The Balaban J connectivity index is 1.76. The number of benzene rings is 2. The van der Waals surface area contributed by atoms with E-state index >= 15 is 0 Å². The molecule has 3 nitrogen and oxygen atoms in total. The maximum Gasteiger partial charge on any atom is 0.120 e. The van der Waals surface area contributed by atoms with Gasteiger partial charge in [0.25, 0.3) is 0 Å². The van der Waals surface area contributed by atoms with Crippen molar-refractivity contribution in [2.24, 2.45) is 7.05 Å². The quantitative estimate of drug-likeness (QED) is 0.616. The van der Waals surface area contributed by atoms with E-state index in [2.05, 4.69) is 22.9 Å². The van der Waals surface area contributed by atoms with Crippen LogP contribution >= 0.6 is 0 Å². The van der Waals surface area contributed by atoms with Crippen molar-refractivity contribution in [3.8, 4) is 0 Å². The zero-order valence-corrected chi connectivity index (χ0v) is 13.3.